The van der Waals surface area contributed by atoms with Crippen LogP contribution < -0.4 is 5.32 Å². The second-order valence-corrected chi connectivity index (χ2v) is 6.68. The Labute approximate surface area is 123 Å². The second-order valence-electron chi connectivity index (χ2n) is 6.68. The highest BCUT2D eigenvalue weighted by molar-refractivity contribution is 5.78. The molecule has 0 aromatic rings. The molecule has 0 aromatic carbocycles. The van der Waals surface area contributed by atoms with Crippen molar-refractivity contribution in [3.05, 3.63) is 0 Å². The normalized spacial score (nSPS) is 29.9. The van der Waals surface area contributed by atoms with Crippen molar-refractivity contribution in [2.45, 2.75) is 71.4 Å². The number of ether oxygens (including phenoxy) is 1. The van der Waals surface area contributed by atoms with Crippen molar-refractivity contribution in [1.82, 2.24) is 5.32 Å². The van der Waals surface area contributed by atoms with Crippen molar-refractivity contribution in [3.63, 3.8) is 0 Å². The van der Waals surface area contributed by atoms with Gasteiger partial charge in [-0.2, -0.15) is 0 Å². The Bertz CT molecular complexity index is 298. The fourth-order valence-corrected chi connectivity index (χ4v) is 3.35. The minimum absolute atomic E-state index is 0.365. The van der Waals surface area contributed by atoms with Crippen molar-refractivity contribution >= 4 is 5.97 Å². The van der Waals surface area contributed by atoms with Crippen LogP contribution in [0.5, 0.6) is 0 Å². The molecule has 2 N–H and O–H groups in total. The molecule has 0 radical (unpaired) electrons. The molecule has 4 nitrogen and oxygen atoms in total. The maximum absolute atomic E-state index is 11.3. The first-order valence-corrected chi connectivity index (χ1v) is 7.97. The lowest BCUT2D eigenvalue weighted by Crippen LogP contribution is -2.49. The molecule has 0 bridgehead atoms. The summed E-state index contributed by atoms with van der Waals surface area (Å²) in [4.78, 5) is 11.3. The highest BCUT2D eigenvalue weighted by atomic mass is 16.5. The van der Waals surface area contributed by atoms with E-state index in [1.165, 1.54) is 6.42 Å². The summed E-state index contributed by atoms with van der Waals surface area (Å²) >= 11 is 0. The molecule has 0 spiro atoms. The van der Waals surface area contributed by atoms with Crippen LogP contribution in [0.4, 0.5) is 0 Å². The van der Waals surface area contributed by atoms with Crippen LogP contribution in [0, 0.1) is 11.8 Å². The Morgan fingerprint density at radius 2 is 1.90 bits per heavy atom. The van der Waals surface area contributed by atoms with Gasteiger partial charge in [0.2, 0.25) is 0 Å². The largest absolute Gasteiger partial charge is 0.480 e. The maximum Gasteiger partial charge on any atom is 0.323 e. The van der Waals surface area contributed by atoms with Gasteiger partial charge in [0.05, 0.1) is 6.10 Å². The van der Waals surface area contributed by atoms with Gasteiger partial charge in [-0.05, 0) is 57.4 Å². The first kappa shape index (κ1) is 17.4. The number of carboxylic acids is 1. The second kappa shape index (κ2) is 7.99. The molecular formula is C16H31NO3. The van der Waals surface area contributed by atoms with Crippen LogP contribution in [-0.2, 0) is 9.53 Å². The van der Waals surface area contributed by atoms with Gasteiger partial charge in [-0.15, -0.1) is 0 Å². The van der Waals surface area contributed by atoms with Crippen molar-refractivity contribution in [3.8, 4) is 0 Å². The molecule has 0 aromatic heterocycles. The van der Waals surface area contributed by atoms with E-state index in [0.717, 1.165) is 31.1 Å². The number of rotatable bonds is 8. The first-order valence-electron chi connectivity index (χ1n) is 7.97. The number of aliphatic carboxylic acids is 1. The Balaban J connectivity index is 2.28. The maximum atomic E-state index is 11.3. The van der Waals surface area contributed by atoms with Crippen LogP contribution in [0.15, 0.2) is 0 Å². The molecule has 118 valence electrons. The van der Waals surface area contributed by atoms with Crippen molar-refractivity contribution in [2.24, 2.45) is 11.8 Å². The summed E-state index contributed by atoms with van der Waals surface area (Å²) < 4.78 is 5.96. The van der Waals surface area contributed by atoms with Gasteiger partial charge in [0.15, 0.2) is 0 Å². The lowest BCUT2D eigenvalue weighted by molar-refractivity contribution is -0.144. The van der Waals surface area contributed by atoms with Gasteiger partial charge < -0.3 is 15.2 Å². The van der Waals surface area contributed by atoms with E-state index in [-0.39, 0.29) is 0 Å². The molecule has 0 aliphatic heterocycles. The molecule has 4 heteroatoms. The summed E-state index contributed by atoms with van der Waals surface area (Å²) in [6.45, 7) is 9.60. The highest BCUT2D eigenvalue weighted by Crippen LogP contribution is 2.30. The summed E-state index contributed by atoms with van der Waals surface area (Å²) in [6.07, 6.45) is 5.35. The third-order valence-corrected chi connectivity index (χ3v) is 4.35. The van der Waals surface area contributed by atoms with E-state index in [9.17, 15) is 9.90 Å². The average Bonchev–Trinajstić information content (AvgIpc) is 2.33. The SMILES string of the molecule is CCNC(C)(CCCOC1CC(C)CC(C)C1)C(=O)O. The molecule has 1 saturated carbocycles. The summed E-state index contributed by atoms with van der Waals surface area (Å²) in [5, 5.41) is 12.3. The van der Waals surface area contributed by atoms with Crippen LogP contribution >= 0.6 is 0 Å². The minimum atomic E-state index is -0.828. The van der Waals surface area contributed by atoms with Crippen LogP contribution in [0.3, 0.4) is 0 Å². The van der Waals surface area contributed by atoms with Gasteiger partial charge in [0, 0.05) is 6.61 Å². The Morgan fingerprint density at radius 1 is 1.30 bits per heavy atom. The summed E-state index contributed by atoms with van der Waals surface area (Å²) in [5.41, 5.74) is -0.828. The number of hydrogen-bond acceptors (Lipinski definition) is 3. The third kappa shape index (κ3) is 5.41. The van der Waals surface area contributed by atoms with Gasteiger partial charge in [-0.25, -0.2) is 0 Å². The average molecular weight is 285 g/mol. The van der Waals surface area contributed by atoms with Crippen LogP contribution in [-0.4, -0.2) is 35.9 Å². The summed E-state index contributed by atoms with van der Waals surface area (Å²) in [5.74, 6) is 0.712. The monoisotopic (exact) mass is 285 g/mol. The fraction of sp³-hybridized carbons (Fsp3) is 0.938. The topological polar surface area (TPSA) is 58.6 Å². The number of likely N-dealkylation sites (N-methyl/N-ethyl adjacent to an activating group) is 1. The Hall–Kier alpha value is -0.610. The van der Waals surface area contributed by atoms with E-state index < -0.39 is 11.5 Å². The smallest absolute Gasteiger partial charge is 0.323 e. The summed E-state index contributed by atoms with van der Waals surface area (Å²) in [6, 6.07) is 0. The fourth-order valence-electron chi connectivity index (χ4n) is 3.35. The molecule has 3 atom stereocenters. The Morgan fingerprint density at radius 3 is 2.40 bits per heavy atom. The standard InChI is InChI=1S/C16H31NO3/c1-5-17-16(4,15(18)19)7-6-8-20-14-10-12(2)9-13(3)11-14/h12-14,17H,5-11H2,1-4H3,(H,18,19). The van der Waals surface area contributed by atoms with Gasteiger partial charge >= 0.3 is 5.97 Å². The molecule has 1 aliphatic carbocycles. The molecule has 0 saturated heterocycles. The van der Waals surface area contributed by atoms with E-state index in [1.807, 2.05) is 6.92 Å². The molecule has 3 unspecified atom stereocenters. The van der Waals surface area contributed by atoms with E-state index in [2.05, 4.69) is 19.2 Å². The minimum Gasteiger partial charge on any atom is -0.480 e. The van der Waals surface area contributed by atoms with E-state index in [1.54, 1.807) is 6.92 Å². The van der Waals surface area contributed by atoms with E-state index in [4.69, 9.17) is 4.74 Å². The summed E-state index contributed by atoms with van der Waals surface area (Å²) in [7, 11) is 0. The number of hydrogen-bond donors (Lipinski definition) is 2. The Kier molecular flexibility index (Phi) is 6.96. The zero-order valence-corrected chi connectivity index (χ0v) is 13.4. The predicted molar refractivity (Wildman–Crippen MR) is 80.9 cm³/mol. The molecule has 0 heterocycles. The lowest BCUT2D eigenvalue weighted by atomic mass is 9.82. The lowest BCUT2D eigenvalue weighted by Gasteiger charge is -2.32. The predicted octanol–water partition coefficient (Wildman–Crippen LogP) is 3.06. The molecule has 1 fully saturated rings. The van der Waals surface area contributed by atoms with Gasteiger partial charge in [0.25, 0.3) is 0 Å². The van der Waals surface area contributed by atoms with Crippen molar-refractivity contribution in [2.75, 3.05) is 13.2 Å². The van der Waals surface area contributed by atoms with Crippen LogP contribution in [0.1, 0.15) is 59.8 Å². The van der Waals surface area contributed by atoms with Crippen molar-refractivity contribution in [1.29, 1.82) is 0 Å². The quantitative estimate of drug-likeness (QED) is 0.673. The molecular weight excluding hydrogens is 254 g/mol. The van der Waals surface area contributed by atoms with E-state index >= 15 is 0 Å². The van der Waals surface area contributed by atoms with Gasteiger partial charge in [-0.1, -0.05) is 20.8 Å². The third-order valence-electron chi connectivity index (χ3n) is 4.35. The van der Waals surface area contributed by atoms with E-state index in [0.29, 0.717) is 25.7 Å². The number of nitrogens with one attached hydrogen (secondary N) is 1. The number of carboxylic acid groups (broad SMARTS) is 1. The zero-order chi connectivity index (χ0) is 15.2. The van der Waals surface area contributed by atoms with Crippen LogP contribution in [0.2, 0.25) is 0 Å². The molecule has 20 heavy (non-hydrogen) atoms. The van der Waals surface area contributed by atoms with Crippen LogP contribution in [0.25, 0.3) is 0 Å². The van der Waals surface area contributed by atoms with Gasteiger partial charge in [0.1, 0.15) is 5.54 Å². The molecule has 1 rings (SSSR count). The number of carbonyl (C=O) groups is 1. The van der Waals surface area contributed by atoms with Crippen molar-refractivity contribution < 1.29 is 14.6 Å². The zero-order valence-electron chi connectivity index (χ0n) is 13.4. The first-order chi connectivity index (χ1) is 9.37. The molecule has 1 aliphatic rings. The highest BCUT2D eigenvalue weighted by Gasteiger charge is 2.31. The van der Waals surface area contributed by atoms with Gasteiger partial charge in [-0.3, -0.25) is 4.79 Å². The molecule has 0 amide bonds.